The zero-order chi connectivity index (χ0) is 21.0. The summed E-state index contributed by atoms with van der Waals surface area (Å²) in [6, 6.07) is 12.8. The summed E-state index contributed by atoms with van der Waals surface area (Å²) < 4.78 is 28.2. The van der Waals surface area contributed by atoms with E-state index in [1.54, 1.807) is 17.0 Å². The molecule has 1 fully saturated rings. The van der Waals surface area contributed by atoms with Crippen LogP contribution in [0.15, 0.2) is 47.4 Å². The Labute approximate surface area is 173 Å². The van der Waals surface area contributed by atoms with Gasteiger partial charge in [0.15, 0.2) is 0 Å². The molecule has 29 heavy (non-hydrogen) atoms. The molecule has 6 nitrogen and oxygen atoms in total. The molecule has 1 aliphatic heterocycles. The van der Waals surface area contributed by atoms with E-state index in [-0.39, 0.29) is 23.9 Å². The second-order valence-corrected chi connectivity index (χ2v) is 9.58. The van der Waals surface area contributed by atoms with Crippen LogP contribution in [0.1, 0.15) is 22.3 Å². The van der Waals surface area contributed by atoms with E-state index in [1.807, 2.05) is 51.1 Å². The molecular weight excluding hydrogens is 386 g/mol. The summed E-state index contributed by atoms with van der Waals surface area (Å²) in [6.07, 6.45) is 0. The summed E-state index contributed by atoms with van der Waals surface area (Å²) in [5.74, 6) is -0.161. The van der Waals surface area contributed by atoms with Crippen LogP contribution in [0.4, 0.5) is 0 Å². The van der Waals surface area contributed by atoms with Crippen molar-refractivity contribution < 1.29 is 13.2 Å². The molecule has 0 unspecified atom stereocenters. The van der Waals surface area contributed by atoms with E-state index in [1.165, 1.54) is 4.31 Å². The van der Waals surface area contributed by atoms with Crippen molar-refractivity contribution in [1.82, 2.24) is 14.5 Å². The molecular formula is C22H29N3O3S. The number of piperazine rings is 1. The summed E-state index contributed by atoms with van der Waals surface area (Å²) >= 11 is 0. The van der Waals surface area contributed by atoms with Gasteiger partial charge in [-0.25, -0.2) is 8.42 Å². The summed E-state index contributed by atoms with van der Waals surface area (Å²) in [6.45, 7) is 8.47. The largest absolute Gasteiger partial charge is 0.339 e. The normalized spacial score (nSPS) is 15.0. The number of hydrogen-bond acceptors (Lipinski definition) is 4. The Balaban J connectivity index is 1.92. The molecule has 0 spiro atoms. The Morgan fingerprint density at radius 3 is 2.41 bits per heavy atom. The van der Waals surface area contributed by atoms with Crippen molar-refractivity contribution in [3.63, 3.8) is 0 Å². The van der Waals surface area contributed by atoms with Gasteiger partial charge in [0, 0.05) is 32.7 Å². The Morgan fingerprint density at radius 1 is 1.03 bits per heavy atom. The number of nitrogens with one attached hydrogen (secondary N) is 1. The van der Waals surface area contributed by atoms with E-state index in [0.717, 1.165) is 35.3 Å². The minimum absolute atomic E-state index is 0.161. The molecule has 156 valence electrons. The average molecular weight is 416 g/mol. The molecule has 2 aromatic rings. The Bertz CT molecular complexity index is 983. The second-order valence-electron chi connectivity index (χ2n) is 7.64. The first-order valence-corrected chi connectivity index (χ1v) is 11.3. The molecule has 0 radical (unpaired) electrons. The summed E-state index contributed by atoms with van der Waals surface area (Å²) in [5, 5.41) is 3.21. The average Bonchev–Trinajstić information content (AvgIpc) is 2.70. The van der Waals surface area contributed by atoms with Gasteiger partial charge in [0.1, 0.15) is 0 Å². The van der Waals surface area contributed by atoms with Crippen molar-refractivity contribution in [3.8, 4) is 0 Å². The maximum Gasteiger partial charge on any atom is 0.243 e. The Kier molecular flexibility index (Phi) is 6.72. The maximum absolute atomic E-state index is 13.4. The molecule has 0 aromatic heterocycles. The van der Waals surface area contributed by atoms with E-state index < -0.39 is 10.0 Å². The van der Waals surface area contributed by atoms with Crippen LogP contribution < -0.4 is 5.32 Å². The number of amides is 1. The molecule has 0 atom stereocenters. The molecule has 3 rings (SSSR count). The summed E-state index contributed by atoms with van der Waals surface area (Å²) in [7, 11) is -3.81. The lowest BCUT2D eigenvalue weighted by Gasteiger charge is -2.30. The Morgan fingerprint density at radius 2 is 1.76 bits per heavy atom. The lowest BCUT2D eigenvalue weighted by molar-refractivity contribution is -0.132. The topological polar surface area (TPSA) is 69.7 Å². The van der Waals surface area contributed by atoms with Crippen LogP contribution in [0.5, 0.6) is 0 Å². The van der Waals surface area contributed by atoms with Gasteiger partial charge in [0.05, 0.1) is 11.4 Å². The molecule has 0 bridgehead atoms. The van der Waals surface area contributed by atoms with Crippen molar-refractivity contribution >= 4 is 15.9 Å². The zero-order valence-electron chi connectivity index (χ0n) is 17.3. The number of hydrogen-bond donors (Lipinski definition) is 1. The molecule has 2 aromatic carbocycles. The quantitative estimate of drug-likeness (QED) is 0.786. The molecule has 1 heterocycles. The minimum atomic E-state index is -3.81. The van der Waals surface area contributed by atoms with Crippen LogP contribution in [0.2, 0.25) is 0 Å². The zero-order valence-corrected chi connectivity index (χ0v) is 18.1. The highest BCUT2D eigenvalue weighted by Crippen LogP contribution is 2.22. The Hall–Kier alpha value is -2.22. The lowest BCUT2D eigenvalue weighted by atomic mass is 10.1. The third-order valence-corrected chi connectivity index (χ3v) is 7.13. The number of nitrogens with zero attached hydrogens (tertiary/aromatic N) is 2. The first kappa shape index (κ1) is 21.5. The molecule has 7 heteroatoms. The number of aryl methyl sites for hydroxylation is 3. The first-order chi connectivity index (χ1) is 13.8. The molecule has 0 aliphatic carbocycles. The van der Waals surface area contributed by atoms with E-state index in [0.29, 0.717) is 13.1 Å². The third kappa shape index (κ3) is 5.23. The molecule has 1 amide bonds. The van der Waals surface area contributed by atoms with Crippen molar-refractivity contribution in [2.24, 2.45) is 0 Å². The number of sulfonamides is 1. The van der Waals surface area contributed by atoms with Gasteiger partial charge in [-0.05, 0) is 49.6 Å². The van der Waals surface area contributed by atoms with Gasteiger partial charge in [-0.1, -0.05) is 35.9 Å². The minimum Gasteiger partial charge on any atom is -0.339 e. The SMILES string of the molecule is Cc1cccc(CN(CC(=O)N2CCNCC2)S(=O)(=O)c2ccc(C)c(C)c2)c1. The highest BCUT2D eigenvalue weighted by molar-refractivity contribution is 7.89. The predicted molar refractivity (Wildman–Crippen MR) is 114 cm³/mol. The van der Waals surface area contributed by atoms with Gasteiger partial charge in [-0.15, -0.1) is 0 Å². The summed E-state index contributed by atoms with van der Waals surface area (Å²) in [5.41, 5.74) is 3.87. The fraction of sp³-hybridized carbons (Fsp3) is 0.409. The van der Waals surface area contributed by atoms with Crippen molar-refractivity contribution in [2.45, 2.75) is 32.2 Å². The van der Waals surface area contributed by atoms with Crippen LogP contribution >= 0.6 is 0 Å². The highest BCUT2D eigenvalue weighted by atomic mass is 32.2. The van der Waals surface area contributed by atoms with Crippen LogP contribution in [-0.4, -0.2) is 56.3 Å². The number of benzene rings is 2. The van der Waals surface area contributed by atoms with Crippen molar-refractivity contribution in [3.05, 3.63) is 64.7 Å². The standard InChI is InChI=1S/C22H29N3O3S/c1-17-5-4-6-20(13-17)15-25(16-22(26)24-11-9-23-10-12-24)29(27,28)21-8-7-18(2)19(3)14-21/h4-8,13-14,23H,9-12,15-16H2,1-3H3. The van der Waals surface area contributed by atoms with Gasteiger partial charge in [-0.2, -0.15) is 4.31 Å². The fourth-order valence-corrected chi connectivity index (χ4v) is 4.89. The fourth-order valence-electron chi connectivity index (χ4n) is 3.43. The smallest absolute Gasteiger partial charge is 0.243 e. The van der Waals surface area contributed by atoms with Crippen LogP contribution in [0, 0.1) is 20.8 Å². The molecule has 1 saturated heterocycles. The van der Waals surface area contributed by atoms with Gasteiger partial charge in [0.2, 0.25) is 15.9 Å². The second kappa shape index (κ2) is 9.07. The molecule has 1 aliphatic rings. The summed E-state index contributed by atoms with van der Waals surface area (Å²) in [4.78, 5) is 14.8. The van der Waals surface area contributed by atoms with Crippen LogP contribution in [0.3, 0.4) is 0 Å². The van der Waals surface area contributed by atoms with E-state index in [4.69, 9.17) is 0 Å². The first-order valence-electron chi connectivity index (χ1n) is 9.89. The predicted octanol–water partition coefficient (Wildman–Crippen LogP) is 2.23. The maximum atomic E-state index is 13.4. The molecule has 0 saturated carbocycles. The van der Waals surface area contributed by atoms with Crippen LogP contribution in [0.25, 0.3) is 0 Å². The number of carbonyl (C=O) groups excluding carboxylic acids is 1. The van der Waals surface area contributed by atoms with E-state index in [9.17, 15) is 13.2 Å². The molecule has 1 N–H and O–H groups in total. The monoisotopic (exact) mass is 415 g/mol. The van der Waals surface area contributed by atoms with E-state index >= 15 is 0 Å². The number of carbonyl (C=O) groups is 1. The van der Waals surface area contributed by atoms with Crippen molar-refractivity contribution in [1.29, 1.82) is 0 Å². The lowest BCUT2D eigenvalue weighted by Crippen LogP contribution is -2.50. The third-order valence-electron chi connectivity index (χ3n) is 5.34. The van der Waals surface area contributed by atoms with Gasteiger partial charge in [0.25, 0.3) is 0 Å². The van der Waals surface area contributed by atoms with Gasteiger partial charge < -0.3 is 10.2 Å². The number of rotatable bonds is 6. The van der Waals surface area contributed by atoms with E-state index in [2.05, 4.69) is 5.32 Å². The van der Waals surface area contributed by atoms with Gasteiger partial charge in [-0.3, -0.25) is 4.79 Å². The highest BCUT2D eigenvalue weighted by Gasteiger charge is 2.29. The van der Waals surface area contributed by atoms with Gasteiger partial charge >= 0.3 is 0 Å². The van der Waals surface area contributed by atoms with Crippen LogP contribution in [-0.2, 0) is 21.4 Å². The van der Waals surface area contributed by atoms with Crippen molar-refractivity contribution in [2.75, 3.05) is 32.7 Å².